The Morgan fingerprint density at radius 3 is 2.61 bits per heavy atom. The van der Waals surface area contributed by atoms with Crippen molar-refractivity contribution in [2.75, 3.05) is 0 Å². The van der Waals surface area contributed by atoms with Gasteiger partial charge in [-0.05, 0) is 42.8 Å². The number of aromatic nitrogens is 4. The standard InChI is InChI=1S/C24H17F2N5O2/c1-11-30-18-8-12(3-6-19(18)31(11)2)13-7-15-16(10-29-24(15)28-9-13)22(32)20-17(25)5-4-14(21(20)26)23(27)33/h3-10H,1-2H3,(H2,27,33)(H,28,29). The lowest BCUT2D eigenvalue weighted by atomic mass is 9.98. The van der Waals surface area contributed by atoms with Crippen molar-refractivity contribution in [3.8, 4) is 11.1 Å². The van der Waals surface area contributed by atoms with Gasteiger partial charge in [-0.2, -0.15) is 0 Å². The van der Waals surface area contributed by atoms with Gasteiger partial charge in [0.05, 0.1) is 22.2 Å². The second kappa shape index (κ2) is 7.33. The first-order chi connectivity index (χ1) is 15.8. The highest BCUT2D eigenvalue weighted by atomic mass is 19.1. The minimum atomic E-state index is -1.29. The normalized spacial score (nSPS) is 11.4. The van der Waals surface area contributed by atoms with Crippen LogP contribution in [0.25, 0.3) is 33.2 Å². The Morgan fingerprint density at radius 2 is 1.85 bits per heavy atom. The second-order valence-corrected chi connectivity index (χ2v) is 7.72. The highest BCUT2D eigenvalue weighted by molar-refractivity contribution is 6.17. The number of carbonyl (C=O) groups is 2. The Balaban J connectivity index is 1.64. The maximum Gasteiger partial charge on any atom is 0.251 e. The molecule has 9 heteroatoms. The zero-order chi connectivity index (χ0) is 23.4. The lowest BCUT2D eigenvalue weighted by Gasteiger charge is -2.07. The number of halogens is 2. The third-order valence-electron chi connectivity index (χ3n) is 5.80. The number of rotatable bonds is 4. The van der Waals surface area contributed by atoms with Gasteiger partial charge in [0.15, 0.2) is 0 Å². The van der Waals surface area contributed by atoms with E-state index in [0.717, 1.165) is 34.6 Å². The number of aryl methyl sites for hydroxylation is 2. The van der Waals surface area contributed by atoms with Gasteiger partial charge in [-0.25, -0.2) is 18.7 Å². The van der Waals surface area contributed by atoms with E-state index in [4.69, 9.17) is 5.73 Å². The molecule has 1 amide bonds. The van der Waals surface area contributed by atoms with Crippen molar-refractivity contribution >= 4 is 33.8 Å². The molecule has 5 rings (SSSR count). The summed E-state index contributed by atoms with van der Waals surface area (Å²) in [5, 5.41) is 0.387. The average molecular weight is 445 g/mol. The zero-order valence-corrected chi connectivity index (χ0v) is 17.6. The molecule has 0 bridgehead atoms. The van der Waals surface area contributed by atoms with E-state index in [-0.39, 0.29) is 5.56 Å². The molecule has 164 valence electrons. The number of primary amides is 1. The molecule has 2 aromatic carbocycles. The monoisotopic (exact) mass is 445 g/mol. The Bertz CT molecular complexity index is 1620. The van der Waals surface area contributed by atoms with Crippen LogP contribution in [0.3, 0.4) is 0 Å². The van der Waals surface area contributed by atoms with Gasteiger partial charge in [-0.15, -0.1) is 0 Å². The van der Waals surface area contributed by atoms with Crippen LogP contribution >= 0.6 is 0 Å². The fourth-order valence-corrected chi connectivity index (χ4v) is 3.93. The summed E-state index contributed by atoms with van der Waals surface area (Å²) in [6.45, 7) is 1.91. The summed E-state index contributed by atoms with van der Waals surface area (Å²) in [5.41, 5.74) is 7.45. The van der Waals surface area contributed by atoms with Crippen LogP contribution in [-0.4, -0.2) is 31.2 Å². The summed E-state index contributed by atoms with van der Waals surface area (Å²) < 4.78 is 31.2. The molecule has 3 aromatic heterocycles. The van der Waals surface area contributed by atoms with Gasteiger partial charge in [-0.1, -0.05) is 6.07 Å². The van der Waals surface area contributed by atoms with E-state index in [1.165, 1.54) is 6.20 Å². The molecule has 0 aliphatic heterocycles. The van der Waals surface area contributed by atoms with Crippen molar-refractivity contribution in [1.29, 1.82) is 0 Å². The SMILES string of the molecule is Cc1nc2cc(-c3cnc4[nH]cc(C(=O)c5c(F)ccc(C(N)=O)c5F)c4c3)ccc2n1C. The van der Waals surface area contributed by atoms with Gasteiger partial charge in [0.25, 0.3) is 5.91 Å². The minimum absolute atomic E-state index is 0.0218. The van der Waals surface area contributed by atoms with Crippen LogP contribution < -0.4 is 5.73 Å². The van der Waals surface area contributed by atoms with Crippen molar-refractivity contribution in [2.45, 2.75) is 6.92 Å². The second-order valence-electron chi connectivity index (χ2n) is 7.72. The van der Waals surface area contributed by atoms with Gasteiger partial charge >= 0.3 is 0 Å². The number of nitrogens with two attached hydrogens (primary N) is 1. The third kappa shape index (κ3) is 3.16. The highest BCUT2D eigenvalue weighted by Gasteiger charge is 2.26. The van der Waals surface area contributed by atoms with Crippen LogP contribution in [0.15, 0.2) is 48.8 Å². The van der Waals surface area contributed by atoms with Crippen LogP contribution in [0.4, 0.5) is 8.78 Å². The topological polar surface area (TPSA) is 107 Å². The van der Waals surface area contributed by atoms with E-state index in [2.05, 4.69) is 15.0 Å². The molecule has 0 radical (unpaired) electrons. The summed E-state index contributed by atoms with van der Waals surface area (Å²) >= 11 is 0. The summed E-state index contributed by atoms with van der Waals surface area (Å²) in [6.07, 6.45) is 2.98. The number of hydrogen-bond donors (Lipinski definition) is 2. The summed E-state index contributed by atoms with van der Waals surface area (Å²) in [5.74, 6) is -3.52. The van der Waals surface area contributed by atoms with Crippen LogP contribution in [0, 0.1) is 18.6 Å². The van der Waals surface area contributed by atoms with E-state index in [9.17, 15) is 18.4 Å². The number of amides is 1. The number of fused-ring (bicyclic) bond motifs is 2. The maximum absolute atomic E-state index is 14.8. The number of carbonyl (C=O) groups excluding carboxylic acids is 2. The molecule has 3 heterocycles. The number of aromatic amines is 1. The largest absolute Gasteiger partial charge is 0.366 e. The number of ketones is 1. The van der Waals surface area contributed by atoms with Crippen molar-refractivity contribution in [3.63, 3.8) is 0 Å². The van der Waals surface area contributed by atoms with Crippen molar-refractivity contribution < 1.29 is 18.4 Å². The predicted octanol–water partition coefficient (Wildman–Crippen LogP) is 4.03. The molecular weight excluding hydrogens is 428 g/mol. The van der Waals surface area contributed by atoms with Crippen LogP contribution in [0.5, 0.6) is 0 Å². The van der Waals surface area contributed by atoms with Crippen molar-refractivity contribution in [1.82, 2.24) is 19.5 Å². The Labute approximate surface area is 185 Å². The first-order valence-corrected chi connectivity index (χ1v) is 9.99. The first kappa shape index (κ1) is 20.5. The highest BCUT2D eigenvalue weighted by Crippen LogP contribution is 2.29. The number of hydrogen-bond acceptors (Lipinski definition) is 4. The average Bonchev–Trinajstić information content (AvgIpc) is 3.33. The Kier molecular flexibility index (Phi) is 4.56. The van der Waals surface area contributed by atoms with E-state index in [0.29, 0.717) is 16.6 Å². The number of nitrogens with zero attached hydrogens (tertiary/aromatic N) is 3. The summed E-state index contributed by atoms with van der Waals surface area (Å²) in [7, 11) is 1.93. The van der Waals surface area contributed by atoms with Crippen molar-refractivity contribution in [2.24, 2.45) is 12.8 Å². The first-order valence-electron chi connectivity index (χ1n) is 9.99. The summed E-state index contributed by atoms with van der Waals surface area (Å²) in [6, 6.07) is 9.24. The number of pyridine rings is 1. The Morgan fingerprint density at radius 1 is 1.06 bits per heavy atom. The molecule has 0 saturated carbocycles. The minimum Gasteiger partial charge on any atom is -0.366 e. The number of nitrogens with one attached hydrogen (secondary N) is 1. The molecule has 0 aliphatic rings. The molecule has 0 spiro atoms. The lowest BCUT2D eigenvalue weighted by Crippen LogP contribution is -2.17. The van der Waals surface area contributed by atoms with Gasteiger partial charge in [0, 0.05) is 36.0 Å². The molecule has 0 fully saturated rings. The van der Waals surface area contributed by atoms with Crippen LogP contribution in [0.1, 0.15) is 32.1 Å². The van der Waals surface area contributed by atoms with Gasteiger partial charge in [0.1, 0.15) is 23.1 Å². The fourth-order valence-electron chi connectivity index (χ4n) is 3.93. The Hall–Kier alpha value is -4.40. The zero-order valence-electron chi connectivity index (χ0n) is 17.6. The third-order valence-corrected chi connectivity index (χ3v) is 5.80. The van der Waals surface area contributed by atoms with Gasteiger partial charge < -0.3 is 15.3 Å². The number of H-pyrrole nitrogens is 1. The molecule has 33 heavy (non-hydrogen) atoms. The van der Waals surface area contributed by atoms with E-state index in [1.54, 1.807) is 12.3 Å². The van der Waals surface area contributed by atoms with Gasteiger partial charge in [-0.3, -0.25) is 9.59 Å². The summed E-state index contributed by atoms with van der Waals surface area (Å²) in [4.78, 5) is 36.3. The van der Waals surface area contributed by atoms with Crippen LogP contribution in [-0.2, 0) is 7.05 Å². The maximum atomic E-state index is 14.8. The molecule has 0 atom stereocenters. The van der Waals surface area contributed by atoms with Crippen molar-refractivity contribution in [3.05, 3.63) is 82.9 Å². The molecule has 5 aromatic rings. The molecule has 0 unspecified atom stereocenters. The number of benzene rings is 2. The lowest BCUT2D eigenvalue weighted by molar-refractivity contribution is 0.0996. The van der Waals surface area contributed by atoms with Crippen LogP contribution in [0.2, 0.25) is 0 Å². The smallest absolute Gasteiger partial charge is 0.251 e. The molecule has 0 saturated heterocycles. The number of imidazole rings is 1. The van der Waals surface area contributed by atoms with E-state index < -0.39 is 34.5 Å². The molecular formula is C24H17F2N5O2. The van der Waals surface area contributed by atoms with Gasteiger partial charge in [0.2, 0.25) is 5.78 Å². The molecule has 0 aliphatic carbocycles. The molecule has 7 nitrogen and oxygen atoms in total. The van der Waals surface area contributed by atoms with E-state index in [1.807, 2.05) is 36.7 Å². The van der Waals surface area contributed by atoms with E-state index >= 15 is 0 Å². The quantitative estimate of drug-likeness (QED) is 0.407. The molecule has 3 N–H and O–H groups in total. The fraction of sp³-hybridized carbons (Fsp3) is 0.0833. The predicted molar refractivity (Wildman–Crippen MR) is 119 cm³/mol.